The molecule has 0 saturated carbocycles. The van der Waals surface area contributed by atoms with Crippen LogP contribution in [-0.2, 0) is 0 Å². The monoisotopic (exact) mass is 208 g/mol. The Kier molecular flexibility index (Phi) is 29.1. The van der Waals surface area contributed by atoms with Crippen LogP contribution in [0.2, 0.25) is 0 Å². The van der Waals surface area contributed by atoms with Crippen molar-refractivity contribution in [2.45, 2.75) is 49.5 Å². The Hall–Kier alpha value is -1.22. The van der Waals surface area contributed by atoms with Gasteiger partial charge in [-0.1, -0.05) is 66.7 Å². The number of rotatable bonds is 0. The first-order valence-electron chi connectivity index (χ1n) is 4.87. The average molecular weight is 208 g/mol. The summed E-state index contributed by atoms with van der Waals surface area (Å²) in [6.45, 7) is 10.0. The van der Waals surface area contributed by atoms with Gasteiger partial charge in [-0.15, -0.1) is 6.42 Å². The third kappa shape index (κ3) is 10.7. The van der Waals surface area contributed by atoms with Crippen LogP contribution in [0, 0.1) is 19.3 Å². The van der Waals surface area contributed by atoms with E-state index in [0.29, 0.717) is 0 Å². The highest BCUT2D eigenvalue weighted by Gasteiger charge is 1.87. The molecule has 0 aliphatic carbocycles. The minimum Gasteiger partial charge on any atom is -0.115 e. The van der Waals surface area contributed by atoms with E-state index in [2.05, 4.69) is 5.92 Å². The molecule has 0 saturated heterocycles. The molecule has 15 heavy (non-hydrogen) atoms. The van der Waals surface area contributed by atoms with Gasteiger partial charge in [-0.3, -0.25) is 0 Å². The Balaban J connectivity index is -0.0000000910. The maximum Gasteiger partial charge on any atom is 0.0271 e. The highest BCUT2D eigenvalue weighted by molar-refractivity contribution is 5.38. The minimum absolute atomic E-state index is 0. The van der Waals surface area contributed by atoms with E-state index < -0.39 is 0 Å². The zero-order valence-electron chi connectivity index (χ0n) is 9.39. The van der Waals surface area contributed by atoms with E-state index in [1.807, 2.05) is 58.9 Å². The van der Waals surface area contributed by atoms with Crippen LogP contribution < -0.4 is 0 Å². The Morgan fingerprint density at radius 1 is 0.933 bits per heavy atom. The van der Waals surface area contributed by atoms with E-state index in [4.69, 9.17) is 6.42 Å². The lowest BCUT2D eigenvalue weighted by molar-refractivity contribution is 1.44. The normalized spacial score (nSPS) is 5.87. The first-order chi connectivity index (χ1) is 6.34. The molecule has 0 N–H and O–H groups in total. The van der Waals surface area contributed by atoms with Crippen molar-refractivity contribution in [3.05, 3.63) is 35.4 Å². The molecular weight excluding hydrogens is 180 g/mol. The number of terminal acetylenes is 1. The Bertz CT molecular complexity index is 240. The maximum atomic E-state index is 5.20. The van der Waals surface area contributed by atoms with Gasteiger partial charge in [0.25, 0.3) is 0 Å². The van der Waals surface area contributed by atoms with Crippen molar-refractivity contribution >= 4 is 0 Å². The maximum absolute atomic E-state index is 5.20. The van der Waals surface area contributed by atoms with Gasteiger partial charge in [0.2, 0.25) is 0 Å². The van der Waals surface area contributed by atoms with Crippen molar-refractivity contribution in [3.8, 4) is 12.3 Å². The van der Waals surface area contributed by atoms with Crippen LogP contribution in [0.15, 0.2) is 24.3 Å². The summed E-state index contributed by atoms with van der Waals surface area (Å²) < 4.78 is 0. The first kappa shape index (κ1) is 23.5. The molecule has 0 heterocycles. The van der Waals surface area contributed by atoms with Crippen molar-refractivity contribution in [1.82, 2.24) is 0 Å². The predicted molar refractivity (Wildman–Crippen MR) is 75.3 cm³/mol. The molecule has 0 unspecified atom stereocenters. The summed E-state index contributed by atoms with van der Waals surface area (Å²) in [5.41, 5.74) is 2.15. The Labute approximate surface area is 97.7 Å². The van der Waals surface area contributed by atoms with Crippen molar-refractivity contribution in [2.24, 2.45) is 0 Å². The zero-order valence-corrected chi connectivity index (χ0v) is 9.39. The fourth-order valence-electron chi connectivity index (χ4n) is 0.735. The van der Waals surface area contributed by atoms with Crippen LogP contribution in [-0.4, -0.2) is 0 Å². The summed E-state index contributed by atoms with van der Waals surface area (Å²) in [4.78, 5) is 0. The van der Waals surface area contributed by atoms with E-state index in [1.54, 1.807) is 0 Å². The first-order valence-corrected chi connectivity index (χ1v) is 4.87. The molecule has 0 aliphatic rings. The second kappa shape index (κ2) is 18.5. The van der Waals surface area contributed by atoms with Gasteiger partial charge in [-0.25, -0.2) is 0 Å². The van der Waals surface area contributed by atoms with Gasteiger partial charge in [0, 0.05) is 5.56 Å². The van der Waals surface area contributed by atoms with E-state index in [9.17, 15) is 0 Å². The van der Waals surface area contributed by atoms with Crippen molar-refractivity contribution in [3.63, 3.8) is 0 Å². The molecule has 1 aromatic carbocycles. The third-order valence-electron chi connectivity index (χ3n) is 1.30. The molecule has 0 amide bonds. The summed E-state index contributed by atoms with van der Waals surface area (Å²) in [7, 11) is 0. The molecular formula is C15H28. The van der Waals surface area contributed by atoms with Gasteiger partial charge in [-0.2, -0.15) is 0 Å². The molecule has 0 nitrogen and oxygen atoms in total. The van der Waals surface area contributed by atoms with E-state index >= 15 is 0 Å². The Morgan fingerprint density at radius 2 is 1.33 bits per heavy atom. The number of aryl methyl sites for hydroxylation is 1. The number of benzene rings is 1. The molecule has 88 valence electrons. The third-order valence-corrected chi connectivity index (χ3v) is 1.30. The van der Waals surface area contributed by atoms with Crippen LogP contribution in [0.5, 0.6) is 0 Å². The molecule has 0 aromatic heterocycles. The van der Waals surface area contributed by atoms with E-state index in [-0.39, 0.29) is 14.9 Å². The summed E-state index contributed by atoms with van der Waals surface area (Å²) in [5.74, 6) is 2.60. The summed E-state index contributed by atoms with van der Waals surface area (Å²) in [6.07, 6.45) is 5.20. The van der Waals surface area contributed by atoms with Crippen molar-refractivity contribution < 1.29 is 0 Å². The molecule has 0 spiro atoms. The van der Waals surface area contributed by atoms with E-state index in [1.165, 1.54) is 5.56 Å². The highest BCUT2D eigenvalue weighted by Crippen LogP contribution is 2.03. The van der Waals surface area contributed by atoms with E-state index in [0.717, 1.165) is 5.56 Å². The summed E-state index contributed by atoms with van der Waals surface area (Å²) in [6, 6.07) is 7.88. The van der Waals surface area contributed by atoms with Gasteiger partial charge < -0.3 is 0 Å². The van der Waals surface area contributed by atoms with Crippen LogP contribution in [0.3, 0.4) is 0 Å². The smallest absolute Gasteiger partial charge is 0.0271 e. The minimum atomic E-state index is 0. The second-order valence-corrected chi connectivity index (χ2v) is 1.96. The topological polar surface area (TPSA) is 0 Å². The fraction of sp³-hybridized carbons (Fsp3) is 0.467. The molecule has 1 rings (SSSR count). The molecule has 0 aliphatic heterocycles. The molecule has 0 radical (unpaired) electrons. The standard InChI is InChI=1S/C9H8.2C2H6.2CH4/c1-3-9-7-5-4-6-8(9)2;2*1-2;;/h1,4-7H,2H3;2*1-2H3;2*1H4. The highest BCUT2D eigenvalue weighted by atomic mass is 13.9. The Morgan fingerprint density at radius 3 is 1.60 bits per heavy atom. The predicted octanol–water partition coefficient (Wildman–Crippen LogP) is 5.30. The van der Waals surface area contributed by atoms with Crippen LogP contribution in [0.25, 0.3) is 0 Å². The molecule has 0 atom stereocenters. The average Bonchev–Trinajstić information content (AvgIpc) is 2.24. The number of hydrogen-bond donors (Lipinski definition) is 0. The SMILES string of the molecule is C.C.C#Cc1ccccc1C.CC.CC. The largest absolute Gasteiger partial charge is 0.115 e. The second-order valence-electron chi connectivity index (χ2n) is 1.96. The molecule has 1 aromatic rings. The summed E-state index contributed by atoms with van der Waals surface area (Å²) in [5, 5.41) is 0. The van der Waals surface area contributed by atoms with Gasteiger partial charge in [0.05, 0.1) is 0 Å². The summed E-state index contributed by atoms with van der Waals surface area (Å²) >= 11 is 0. The van der Waals surface area contributed by atoms with Gasteiger partial charge in [0.15, 0.2) is 0 Å². The van der Waals surface area contributed by atoms with Crippen LogP contribution >= 0.6 is 0 Å². The van der Waals surface area contributed by atoms with Gasteiger partial charge in [0.1, 0.15) is 0 Å². The molecule has 0 fully saturated rings. The zero-order chi connectivity index (χ0) is 10.7. The molecule has 0 heteroatoms. The van der Waals surface area contributed by atoms with Crippen LogP contribution in [0.4, 0.5) is 0 Å². The molecule has 0 bridgehead atoms. The van der Waals surface area contributed by atoms with Gasteiger partial charge >= 0.3 is 0 Å². The van der Waals surface area contributed by atoms with Crippen molar-refractivity contribution in [2.75, 3.05) is 0 Å². The van der Waals surface area contributed by atoms with Gasteiger partial charge in [-0.05, 0) is 18.6 Å². The lowest BCUT2D eigenvalue weighted by Crippen LogP contribution is -1.77. The fourth-order valence-corrected chi connectivity index (χ4v) is 0.735. The van der Waals surface area contributed by atoms with Crippen LogP contribution in [0.1, 0.15) is 53.7 Å². The lowest BCUT2D eigenvalue weighted by atomic mass is 10.1. The lowest BCUT2D eigenvalue weighted by Gasteiger charge is -1.92. The number of hydrogen-bond acceptors (Lipinski definition) is 0. The quantitative estimate of drug-likeness (QED) is 0.507. The van der Waals surface area contributed by atoms with Crippen molar-refractivity contribution in [1.29, 1.82) is 0 Å².